The van der Waals surface area contributed by atoms with Crippen LogP contribution in [0.3, 0.4) is 0 Å². The predicted octanol–water partition coefficient (Wildman–Crippen LogP) is 4.35. The highest BCUT2D eigenvalue weighted by Gasteiger charge is 2.21. The molecule has 140 valence electrons. The molecule has 4 heteroatoms. The van der Waals surface area contributed by atoms with Crippen LogP contribution in [0.15, 0.2) is 67.1 Å². The second kappa shape index (κ2) is 8.40. The van der Waals surface area contributed by atoms with Crippen molar-refractivity contribution in [2.45, 2.75) is 31.8 Å². The van der Waals surface area contributed by atoms with Gasteiger partial charge in [0, 0.05) is 32.0 Å². The fraction of sp³-hybridized carbons (Fsp3) is 0.348. The van der Waals surface area contributed by atoms with Gasteiger partial charge in [0.2, 0.25) is 0 Å². The summed E-state index contributed by atoms with van der Waals surface area (Å²) in [4.78, 5) is 7.15. The molecule has 0 amide bonds. The lowest BCUT2D eigenvalue weighted by Crippen LogP contribution is -2.32. The number of nitrogens with zero attached hydrogens (tertiary/aromatic N) is 3. The van der Waals surface area contributed by atoms with E-state index < -0.39 is 0 Å². The molecule has 1 aliphatic rings. The monoisotopic (exact) mass is 360 g/mol. The lowest BCUT2D eigenvalue weighted by Gasteiger charge is -2.31. The molecule has 1 N–H and O–H groups in total. The normalized spacial score (nSPS) is 15.7. The number of aromatic nitrogens is 2. The van der Waals surface area contributed by atoms with Crippen molar-refractivity contribution in [1.29, 1.82) is 0 Å². The molecule has 0 spiro atoms. The van der Waals surface area contributed by atoms with Gasteiger partial charge < -0.3 is 9.88 Å². The molecule has 1 aliphatic heterocycles. The minimum absolute atomic E-state index is 0.671. The number of piperidine rings is 1. The fourth-order valence-electron chi connectivity index (χ4n) is 3.97. The quantitative estimate of drug-likeness (QED) is 0.709. The number of likely N-dealkylation sites (tertiary alicyclic amines) is 1. The Morgan fingerprint density at radius 1 is 1.00 bits per heavy atom. The van der Waals surface area contributed by atoms with Crippen LogP contribution < -0.4 is 5.32 Å². The van der Waals surface area contributed by atoms with Gasteiger partial charge in [0.05, 0.1) is 12.0 Å². The van der Waals surface area contributed by atoms with E-state index in [0.29, 0.717) is 5.92 Å². The highest BCUT2D eigenvalue weighted by atomic mass is 15.1. The molecule has 4 rings (SSSR count). The average molecular weight is 361 g/mol. The van der Waals surface area contributed by atoms with Crippen LogP contribution in [0.2, 0.25) is 0 Å². The summed E-state index contributed by atoms with van der Waals surface area (Å²) < 4.78 is 2.18. The van der Waals surface area contributed by atoms with Crippen LogP contribution in [0.5, 0.6) is 0 Å². The van der Waals surface area contributed by atoms with Gasteiger partial charge in [0.1, 0.15) is 0 Å². The smallest absolute Gasteiger partial charge is 0.0953 e. The molecule has 1 aromatic heterocycles. The van der Waals surface area contributed by atoms with E-state index in [4.69, 9.17) is 0 Å². The van der Waals surface area contributed by atoms with Gasteiger partial charge in [-0.1, -0.05) is 42.5 Å². The van der Waals surface area contributed by atoms with Gasteiger partial charge in [0.15, 0.2) is 0 Å². The van der Waals surface area contributed by atoms with Gasteiger partial charge in [-0.2, -0.15) is 0 Å². The summed E-state index contributed by atoms with van der Waals surface area (Å²) in [5, 5.41) is 3.25. The van der Waals surface area contributed by atoms with Crippen LogP contribution in [0.1, 0.15) is 35.6 Å². The number of nitrogens with one attached hydrogen (secondary N) is 1. The zero-order chi connectivity index (χ0) is 18.5. The van der Waals surface area contributed by atoms with Crippen LogP contribution in [-0.2, 0) is 13.1 Å². The molecule has 1 saturated heterocycles. The first-order valence-electron chi connectivity index (χ1n) is 9.85. The molecular formula is C23H28N4. The first-order chi connectivity index (χ1) is 13.3. The van der Waals surface area contributed by atoms with Crippen LogP contribution in [0.4, 0.5) is 5.69 Å². The van der Waals surface area contributed by atoms with E-state index in [9.17, 15) is 0 Å². The largest absolute Gasteiger partial charge is 0.388 e. The number of imidazole rings is 1. The van der Waals surface area contributed by atoms with E-state index in [1.54, 1.807) is 0 Å². The van der Waals surface area contributed by atoms with Crippen molar-refractivity contribution in [3.8, 4) is 0 Å². The van der Waals surface area contributed by atoms with E-state index in [1.165, 1.54) is 35.3 Å². The van der Waals surface area contributed by atoms with Gasteiger partial charge in [-0.15, -0.1) is 0 Å². The Bertz CT molecular complexity index is 848. The van der Waals surface area contributed by atoms with Crippen molar-refractivity contribution in [2.75, 3.05) is 25.5 Å². The van der Waals surface area contributed by atoms with E-state index in [2.05, 4.69) is 80.6 Å². The third kappa shape index (κ3) is 4.58. The van der Waals surface area contributed by atoms with E-state index >= 15 is 0 Å². The number of rotatable bonds is 6. The van der Waals surface area contributed by atoms with Crippen LogP contribution >= 0.6 is 0 Å². The second-order valence-electron chi connectivity index (χ2n) is 7.45. The molecule has 0 bridgehead atoms. The molecule has 3 aromatic rings. The van der Waals surface area contributed by atoms with E-state index in [1.807, 2.05) is 13.4 Å². The molecule has 0 atom stereocenters. The van der Waals surface area contributed by atoms with Gasteiger partial charge in [-0.3, -0.25) is 4.90 Å². The minimum Gasteiger partial charge on any atom is -0.388 e. The maximum Gasteiger partial charge on any atom is 0.0953 e. The maximum absolute atomic E-state index is 4.62. The predicted molar refractivity (Wildman–Crippen MR) is 111 cm³/mol. The summed E-state index contributed by atoms with van der Waals surface area (Å²) in [5.41, 5.74) is 5.15. The van der Waals surface area contributed by atoms with Crippen molar-refractivity contribution in [1.82, 2.24) is 14.5 Å². The van der Waals surface area contributed by atoms with E-state index in [-0.39, 0.29) is 0 Å². The van der Waals surface area contributed by atoms with Crippen molar-refractivity contribution >= 4 is 5.69 Å². The lowest BCUT2D eigenvalue weighted by atomic mass is 9.89. The Morgan fingerprint density at radius 3 is 2.59 bits per heavy atom. The number of hydrogen-bond donors (Lipinski definition) is 1. The second-order valence-corrected chi connectivity index (χ2v) is 7.45. The minimum atomic E-state index is 0.671. The highest BCUT2D eigenvalue weighted by Crippen LogP contribution is 2.29. The molecule has 1 fully saturated rings. The molecule has 0 saturated carbocycles. The van der Waals surface area contributed by atoms with Gasteiger partial charge >= 0.3 is 0 Å². The van der Waals surface area contributed by atoms with Gasteiger partial charge in [0.25, 0.3) is 0 Å². The van der Waals surface area contributed by atoms with Crippen molar-refractivity contribution < 1.29 is 0 Å². The number of anilines is 1. The summed E-state index contributed by atoms with van der Waals surface area (Å²) in [6, 6.07) is 19.4. The van der Waals surface area contributed by atoms with Crippen LogP contribution in [0.25, 0.3) is 0 Å². The topological polar surface area (TPSA) is 33.1 Å². The van der Waals surface area contributed by atoms with Gasteiger partial charge in [-0.05, 0) is 55.1 Å². The third-order valence-corrected chi connectivity index (χ3v) is 5.51. The first-order valence-corrected chi connectivity index (χ1v) is 9.85. The Kier molecular flexibility index (Phi) is 5.54. The maximum atomic E-state index is 4.62. The summed E-state index contributed by atoms with van der Waals surface area (Å²) in [6.07, 6.45) is 6.59. The summed E-state index contributed by atoms with van der Waals surface area (Å²) in [6.45, 7) is 4.11. The SMILES string of the molecule is CNc1cccc(C2CCN(Cc3cn(Cc4ccccc4)cn3)CC2)c1. The van der Waals surface area contributed by atoms with Crippen LogP contribution in [0, 0.1) is 0 Å². The Labute approximate surface area is 161 Å². The number of hydrogen-bond acceptors (Lipinski definition) is 3. The molecule has 0 radical (unpaired) electrons. The standard InChI is InChI=1S/C23H28N4/c1-24-22-9-5-8-21(14-22)20-10-12-26(13-11-20)16-23-17-27(18-25-23)15-19-6-3-2-4-7-19/h2-9,14,17-18,20,24H,10-13,15-16H2,1H3. The van der Waals surface area contributed by atoms with Crippen molar-refractivity contribution in [3.05, 3.63) is 83.9 Å². The molecule has 2 heterocycles. The lowest BCUT2D eigenvalue weighted by molar-refractivity contribution is 0.203. The third-order valence-electron chi connectivity index (χ3n) is 5.51. The molecule has 0 unspecified atom stereocenters. The Hall–Kier alpha value is -2.59. The zero-order valence-electron chi connectivity index (χ0n) is 16.0. The molecule has 0 aliphatic carbocycles. The zero-order valence-corrected chi connectivity index (χ0v) is 16.0. The molecule has 4 nitrogen and oxygen atoms in total. The number of benzene rings is 2. The fourth-order valence-corrected chi connectivity index (χ4v) is 3.97. The molecule has 2 aromatic carbocycles. The van der Waals surface area contributed by atoms with Crippen molar-refractivity contribution in [3.63, 3.8) is 0 Å². The summed E-state index contributed by atoms with van der Waals surface area (Å²) in [7, 11) is 1.98. The van der Waals surface area contributed by atoms with Crippen molar-refractivity contribution in [2.24, 2.45) is 0 Å². The van der Waals surface area contributed by atoms with Crippen LogP contribution in [-0.4, -0.2) is 34.6 Å². The Balaban J connectivity index is 1.30. The summed E-state index contributed by atoms with van der Waals surface area (Å²) >= 11 is 0. The summed E-state index contributed by atoms with van der Waals surface area (Å²) in [5.74, 6) is 0.671. The molecule has 27 heavy (non-hydrogen) atoms. The van der Waals surface area contributed by atoms with Gasteiger partial charge in [-0.25, -0.2) is 4.98 Å². The highest BCUT2D eigenvalue weighted by molar-refractivity contribution is 5.46. The van der Waals surface area contributed by atoms with E-state index in [0.717, 1.165) is 26.2 Å². The average Bonchev–Trinajstić information content (AvgIpc) is 3.16. The first kappa shape index (κ1) is 17.8. The Morgan fingerprint density at radius 2 is 1.81 bits per heavy atom. The molecular weight excluding hydrogens is 332 g/mol.